The molecule has 0 aliphatic heterocycles. The van der Waals surface area contributed by atoms with Crippen LogP contribution >= 0.6 is 11.3 Å². The fourth-order valence-corrected chi connectivity index (χ4v) is 3.52. The lowest BCUT2D eigenvalue weighted by atomic mass is 10.1. The van der Waals surface area contributed by atoms with E-state index in [0.29, 0.717) is 12.3 Å². The van der Waals surface area contributed by atoms with Gasteiger partial charge in [-0.05, 0) is 36.8 Å². The van der Waals surface area contributed by atoms with Crippen molar-refractivity contribution in [2.45, 2.75) is 26.4 Å². The maximum Gasteiger partial charge on any atom is 0.263 e. The molecule has 0 aliphatic carbocycles. The van der Waals surface area contributed by atoms with E-state index in [4.69, 9.17) is 4.74 Å². The number of ether oxygens (including phenoxy) is 1. The fourth-order valence-electron chi connectivity index (χ4n) is 2.75. The molecule has 0 saturated carbocycles. The van der Waals surface area contributed by atoms with Crippen LogP contribution in [0.1, 0.15) is 17.5 Å². The smallest absolute Gasteiger partial charge is 0.263 e. The Bertz CT molecular complexity index is 875. The van der Waals surface area contributed by atoms with Crippen molar-refractivity contribution in [3.05, 3.63) is 58.5 Å². The summed E-state index contributed by atoms with van der Waals surface area (Å²) in [5.74, 6) is 0.696. The molecule has 25 heavy (non-hydrogen) atoms. The minimum absolute atomic E-state index is 0.0182. The van der Waals surface area contributed by atoms with E-state index in [1.54, 1.807) is 23.2 Å². The first-order chi connectivity index (χ1) is 12.0. The molecule has 130 valence electrons. The van der Waals surface area contributed by atoms with E-state index in [1.807, 2.05) is 55.9 Å². The maximum absolute atomic E-state index is 12.5. The maximum atomic E-state index is 12.5. The minimum Gasteiger partial charge on any atom is -0.481 e. The summed E-state index contributed by atoms with van der Waals surface area (Å²) in [4.78, 5) is 19.7. The lowest BCUT2D eigenvalue weighted by molar-refractivity contribution is -0.136. The number of amides is 1. The van der Waals surface area contributed by atoms with Crippen LogP contribution in [-0.2, 0) is 11.2 Å². The standard InChI is InChI=1S/C20H22N2O2S/c1-14-19(25-13-21-14)10-11-22(3)20(23)15(2)24-18-9-8-16-6-4-5-7-17(16)12-18/h4-9,12-13,15H,10-11H2,1-3H3. The van der Waals surface area contributed by atoms with Gasteiger partial charge in [-0.15, -0.1) is 11.3 Å². The van der Waals surface area contributed by atoms with Gasteiger partial charge in [-0.2, -0.15) is 0 Å². The molecular formula is C20H22N2O2S. The number of carbonyl (C=O) groups is 1. The first kappa shape index (κ1) is 17.4. The predicted molar refractivity (Wildman–Crippen MR) is 102 cm³/mol. The highest BCUT2D eigenvalue weighted by Crippen LogP contribution is 2.22. The predicted octanol–water partition coefficient (Wildman–Crippen LogP) is 4.07. The number of nitrogens with zero attached hydrogens (tertiary/aromatic N) is 2. The van der Waals surface area contributed by atoms with Gasteiger partial charge in [0.25, 0.3) is 5.91 Å². The van der Waals surface area contributed by atoms with Crippen molar-refractivity contribution in [3.8, 4) is 5.75 Å². The van der Waals surface area contributed by atoms with Crippen LogP contribution in [0.15, 0.2) is 48.0 Å². The van der Waals surface area contributed by atoms with Gasteiger partial charge in [0, 0.05) is 24.9 Å². The van der Waals surface area contributed by atoms with Gasteiger partial charge in [0.15, 0.2) is 6.10 Å². The molecule has 4 nitrogen and oxygen atoms in total. The van der Waals surface area contributed by atoms with Crippen molar-refractivity contribution in [1.82, 2.24) is 9.88 Å². The Morgan fingerprint density at radius 3 is 2.72 bits per heavy atom. The Morgan fingerprint density at radius 1 is 1.24 bits per heavy atom. The minimum atomic E-state index is -0.520. The average Bonchev–Trinajstić information content (AvgIpc) is 3.03. The van der Waals surface area contributed by atoms with Gasteiger partial charge in [0.05, 0.1) is 11.2 Å². The third kappa shape index (κ3) is 4.17. The lowest BCUT2D eigenvalue weighted by Crippen LogP contribution is -2.39. The zero-order valence-electron chi connectivity index (χ0n) is 14.7. The number of benzene rings is 2. The second-order valence-electron chi connectivity index (χ2n) is 6.14. The van der Waals surface area contributed by atoms with E-state index >= 15 is 0 Å². The molecule has 0 aliphatic rings. The third-order valence-corrected chi connectivity index (χ3v) is 5.27. The first-order valence-electron chi connectivity index (χ1n) is 8.34. The van der Waals surface area contributed by atoms with Crippen LogP contribution in [0.3, 0.4) is 0 Å². The number of aromatic nitrogens is 1. The molecule has 0 radical (unpaired) electrons. The third-order valence-electron chi connectivity index (χ3n) is 4.28. The average molecular weight is 354 g/mol. The zero-order chi connectivity index (χ0) is 17.8. The summed E-state index contributed by atoms with van der Waals surface area (Å²) in [6, 6.07) is 14.0. The van der Waals surface area contributed by atoms with E-state index in [-0.39, 0.29) is 5.91 Å². The topological polar surface area (TPSA) is 42.4 Å². The van der Waals surface area contributed by atoms with E-state index in [1.165, 1.54) is 4.88 Å². The number of hydrogen-bond acceptors (Lipinski definition) is 4. The zero-order valence-corrected chi connectivity index (χ0v) is 15.5. The quantitative estimate of drug-likeness (QED) is 0.670. The van der Waals surface area contributed by atoms with Crippen molar-refractivity contribution >= 4 is 28.0 Å². The molecule has 1 aromatic heterocycles. The van der Waals surface area contributed by atoms with Crippen LogP contribution in [0, 0.1) is 6.92 Å². The van der Waals surface area contributed by atoms with Crippen molar-refractivity contribution < 1.29 is 9.53 Å². The van der Waals surface area contributed by atoms with Gasteiger partial charge < -0.3 is 9.64 Å². The Balaban J connectivity index is 1.59. The van der Waals surface area contributed by atoms with Gasteiger partial charge in [0.2, 0.25) is 0 Å². The summed E-state index contributed by atoms with van der Waals surface area (Å²) < 4.78 is 5.87. The summed E-state index contributed by atoms with van der Waals surface area (Å²) in [6.07, 6.45) is 0.301. The molecule has 0 spiro atoms. The monoisotopic (exact) mass is 354 g/mol. The summed E-state index contributed by atoms with van der Waals surface area (Å²) in [7, 11) is 1.82. The molecule has 1 amide bonds. The van der Waals surface area contributed by atoms with Crippen LogP contribution in [-0.4, -0.2) is 35.5 Å². The molecule has 1 unspecified atom stereocenters. The number of aryl methyl sites for hydroxylation is 1. The highest BCUT2D eigenvalue weighted by Gasteiger charge is 2.19. The van der Waals surface area contributed by atoms with E-state index in [0.717, 1.165) is 22.9 Å². The van der Waals surface area contributed by atoms with Crippen LogP contribution in [0.25, 0.3) is 10.8 Å². The summed E-state index contributed by atoms with van der Waals surface area (Å²) in [5.41, 5.74) is 2.89. The number of fused-ring (bicyclic) bond motifs is 1. The fraction of sp³-hybridized carbons (Fsp3) is 0.300. The number of carbonyl (C=O) groups excluding carboxylic acids is 1. The van der Waals surface area contributed by atoms with Crippen LogP contribution in [0.2, 0.25) is 0 Å². The van der Waals surface area contributed by atoms with Crippen LogP contribution < -0.4 is 4.74 Å². The molecular weight excluding hydrogens is 332 g/mol. The Morgan fingerprint density at radius 2 is 2.00 bits per heavy atom. The molecule has 5 heteroatoms. The highest BCUT2D eigenvalue weighted by molar-refractivity contribution is 7.09. The van der Waals surface area contributed by atoms with Crippen LogP contribution in [0.5, 0.6) is 5.75 Å². The van der Waals surface area contributed by atoms with Crippen molar-refractivity contribution in [1.29, 1.82) is 0 Å². The van der Waals surface area contributed by atoms with E-state index in [9.17, 15) is 4.79 Å². The molecule has 0 saturated heterocycles. The molecule has 0 fully saturated rings. The number of thiazole rings is 1. The second kappa shape index (κ2) is 7.66. The van der Waals surface area contributed by atoms with Gasteiger partial charge in [0.1, 0.15) is 5.75 Å². The normalized spacial score (nSPS) is 12.1. The molecule has 2 aromatic carbocycles. The summed E-state index contributed by atoms with van der Waals surface area (Å²) in [5, 5.41) is 2.26. The number of rotatable bonds is 6. The molecule has 1 atom stereocenters. The molecule has 0 bridgehead atoms. The Hall–Kier alpha value is -2.40. The first-order valence-corrected chi connectivity index (χ1v) is 9.22. The number of likely N-dealkylation sites (N-methyl/N-ethyl adjacent to an activating group) is 1. The molecule has 3 aromatic rings. The molecule has 0 N–H and O–H groups in total. The lowest BCUT2D eigenvalue weighted by Gasteiger charge is -2.22. The number of hydrogen-bond donors (Lipinski definition) is 0. The highest BCUT2D eigenvalue weighted by atomic mass is 32.1. The van der Waals surface area contributed by atoms with Gasteiger partial charge in [-0.1, -0.05) is 30.3 Å². The van der Waals surface area contributed by atoms with E-state index < -0.39 is 6.10 Å². The van der Waals surface area contributed by atoms with Crippen molar-refractivity contribution in [2.75, 3.05) is 13.6 Å². The van der Waals surface area contributed by atoms with Gasteiger partial charge in [-0.3, -0.25) is 4.79 Å². The van der Waals surface area contributed by atoms with Crippen molar-refractivity contribution in [2.24, 2.45) is 0 Å². The second-order valence-corrected chi connectivity index (χ2v) is 7.08. The Labute approximate surface area is 152 Å². The summed E-state index contributed by atoms with van der Waals surface area (Å²) >= 11 is 1.64. The molecule has 1 heterocycles. The largest absolute Gasteiger partial charge is 0.481 e. The van der Waals surface area contributed by atoms with Gasteiger partial charge >= 0.3 is 0 Å². The summed E-state index contributed by atoms with van der Waals surface area (Å²) in [6.45, 7) is 4.46. The van der Waals surface area contributed by atoms with Gasteiger partial charge in [-0.25, -0.2) is 4.98 Å². The molecule has 3 rings (SSSR count). The Kier molecular flexibility index (Phi) is 5.34. The SMILES string of the molecule is Cc1ncsc1CCN(C)C(=O)C(C)Oc1ccc2ccccc2c1. The van der Waals surface area contributed by atoms with Crippen LogP contribution in [0.4, 0.5) is 0 Å². The van der Waals surface area contributed by atoms with Crippen molar-refractivity contribution in [3.63, 3.8) is 0 Å². The van der Waals surface area contributed by atoms with E-state index in [2.05, 4.69) is 11.1 Å².